The van der Waals surface area contributed by atoms with Gasteiger partial charge in [-0.05, 0) is 20.3 Å². The smallest absolute Gasteiger partial charge is 0.271 e. The fourth-order valence-electron chi connectivity index (χ4n) is 2.27. The van der Waals surface area contributed by atoms with Crippen molar-refractivity contribution in [3.63, 3.8) is 0 Å². The van der Waals surface area contributed by atoms with Gasteiger partial charge in [-0.2, -0.15) is 0 Å². The van der Waals surface area contributed by atoms with Crippen LogP contribution in [0.15, 0.2) is 17.2 Å². The maximum Gasteiger partial charge on any atom is 0.271 e. The van der Waals surface area contributed by atoms with E-state index >= 15 is 0 Å². The van der Waals surface area contributed by atoms with Crippen molar-refractivity contribution in [1.82, 2.24) is 14.9 Å². The summed E-state index contributed by atoms with van der Waals surface area (Å²) >= 11 is 0. The van der Waals surface area contributed by atoms with Gasteiger partial charge in [-0.15, -0.1) is 0 Å². The maximum absolute atomic E-state index is 11.9. The highest BCUT2D eigenvalue weighted by molar-refractivity contribution is 6.03. The van der Waals surface area contributed by atoms with Crippen LogP contribution in [0, 0.1) is 0 Å². The molecule has 1 aromatic heterocycles. The summed E-state index contributed by atoms with van der Waals surface area (Å²) in [6.07, 6.45) is 2.70. The average Bonchev–Trinajstić information content (AvgIpc) is 2.39. The molecule has 0 radical (unpaired) electrons. The first-order valence-corrected chi connectivity index (χ1v) is 6.82. The third-order valence-corrected chi connectivity index (χ3v) is 3.26. The molecule has 1 heterocycles. The largest absolute Gasteiger partial charge is 0.348 e. The van der Waals surface area contributed by atoms with Gasteiger partial charge in [0.25, 0.3) is 11.5 Å². The molecule has 1 atom stereocenters. The predicted molar refractivity (Wildman–Crippen MR) is 74.0 cm³/mol. The minimum Gasteiger partial charge on any atom is -0.348 e. The molecule has 0 bridgehead atoms. The molecule has 0 aromatic carbocycles. The Hall–Kier alpha value is -2.31. The molecule has 1 aliphatic carbocycles. The summed E-state index contributed by atoms with van der Waals surface area (Å²) in [5, 5.41) is 2.67. The van der Waals surface area contributed by atoms with Gasteiger partial charge in [0, 0.05) is 18.7 Å². The molecule has 7 heteroatoms. The Morgan fingerprint density at radius 2 is 2.10 bits per heavy atom. The zero-order valence-corrected chi connectivity index (χ0v) is 12.0. The number of nitrogens with one attached hydrogen (secondary N) is 1. The van der Waals surface area contributed by atoms with Crippen LogP contribution in [0.4, 0.5) is 0 Å². The first-order chi connectivity index (χ1) is 9.88. The lowest BCUT2D eigenvalue weighted by Crippen LogP contribution is -2.36. The van der Waals surface area contributed by atoms with Crippen LogP contribution in [0.1, 0.15) is 49.6 Å². The van der Waals surface area contributed by atoms with E-state index in [1.807, 2.05) is 13.8 Å². The summed E-state index contributed by atoms with van der Waals surface area (Å²) in [6.45, 7) is 3.62. The van der Waals surface area contributed by atoms with E-state index in [-0.39, 0.29) is 42.6 Å². The van der Waals surface area contributed by atoms with Crippen molar-refractivity contribution in [1.29, 1.82) is 0 Å². The molecule has 1 aliphatic rings. The molecule has 0 saturated heterocycles. The van der Waals surface area contributed by atoms with Gasteiger partial charge in [0.15, 0.2) is 5.78 Å². The van der Waals surface area contributed by atoms with Crippen LogP contribution >= 0.6 is 0 Å². The van der Waals surface area contributed by atoms with E-state index in [2.05, 4.69) is 10.3 Å². The van der Waals surface area contributed by atoms with Gasteiger partial charge in [-0.3, -0.25) is 19.2 Å². The van der Waals surface area contributed by atoms with E-state index in [9.17, 15) is 19.2 Å². The molecule has 1 aromatic rings. The number of nitrogens with zero attached hydrogens (tertiary/aromatic N) is 2. The molecule has 1 fully saturated rings. The molecule has 112 valence electrons. The normalized spacial score (nSPS) is 18.9. The number of amides is 1. The molecule has 0 spiro atoms. The molecule has 21 heavy (non-hydrogen) atoms. The second-order valence-corrected chi connectivity index (χ2v) is 5.38. The van der Waals surface area contributed by atoms with Gasteiger partial charge in [0.05, 0.1) is 18.7 Å². The third-order valence-electron chi connectivity index (χ3n) is 3.26. The number of rotatable bonds is 3. The number of hydrogen-bond acceptors (Lipinski definition) is 5. The maximum atomic E-state index is 11.9. The lowest BCUT2D eigenvalue weighted by Gasteiger charge is -2.22. The monoisotopic (exact) mass is 291 g/mol. The van der Waals surface area contributed by atoms with Crippen LogP contribution in [0.5, 0.6) is 0 Å². The van der Waals surface area contributed by atoms with E-state index in [0.29, 0.717) is 0 Å². The number of carbonyl (C=O) groups excluding carboxylic acids is 3. The molecule has 2 rings (SSSR count). The van der Waals surface area contributed by atoms with E-state index in [4.69, 9.17) is 0 Å². The summed E-state index contributed by atoms with van der Waals surface area (Å²) in [7, 11) is 0. The lowest BCUT2D eigenvalue weighted by atomic mass is 9.93. The quantitative estimate of drug-likeness (QED) is 0.805. The van der Waals surface area contributed by atoms with Crippen LogP contribution < -0.4 is 10.9 Å². The Balaban J connectivity index is 2.31. The van der Waals surface area contributed by atoms with Crippen molar-refractivity contribution in [2.75, 3.05) is 0 Å². The second-order valence-electron chi connectivity index (χ2n) is 5.38. The number of carbonyl (C=O) groups is 3. The van der Waals surface area contributed by atoms with Gasteiger partial charge in [0.1, 0.15) is 11.5 Å². The van der Waals surface area contributed by atoms with Crippen molar-refractivity contribution >= 4 is 17.5 Å². The Labute approximate surface area is 121 Å². The Bertz CT molecular complexity index is 648. The molecular formula is C14H17N3O4. The van der Waals surface area contributed by atoms with Crippen molar-refractivity contribution in [3.8, 4) is 0 Å². The summed E-state index contributed by atoms with van der Waals surface area (Å²) in [5.41, 5.74) is -0.378. The van der Waals surface area contributed by atoms with Crippen LogP contribution in [-0.4, -0.2) is 33.1 Å². The molecular weight excluding hydrogens is 274 g/mol. The van der Waals surface area contributed by atoms with Crippen LogP contribution in [0.25, 0.3) is 0 Å². The summed E-state index contributed by atoms with van der Waals surface area (Å²) in [6, 6.07) is -0.752. The molecule has 1 unspecified atom stereocenters. The highest BCUT2D eigenvalue weighted by Gasteiger charge is 2.29. The zero-order chi connectivity index (χ0) is 15.6. The second kappa shape index (κ2) is 5.99. The van der Waals surface area contributed by atoms with E-state index in [0.717, 1.165) is 6.20 Å². The zero-order valence-electron chi connectivity index (χ0n) is 12.0. The Morgan fingerprint density at radius 3 is 2.71 bits per heavy atom. The number of aromatic nitrogens is 2. The van der Waals surface area contributed by atoms with Crippen molar-refractivity contribution < 1.29 is 14.4 Å². The summed E-state index contributed by atoms with van der Waals surface area (Å²) in [5.74, 6) is -0.816. The van der Waals surface area contributed by atoms with Gasteiger partial charge in [-0.25, -0.2) is 4.98 Å². The van der Waals surface area contributed by atoms with Gasteiger partial charge >= 0.3 is 0 Å². The molecule has 1 amide bonds. The van der Waals surface area contributed by atoms with Crippen LogP contribution in [-0.2, 0) is 9.59 Å². The highest BCUT2D eigenvalue weighted by atomic mass is 16.2. The highest BCUT2D eigenvalue weighted by Crippen LogP contribution is 2.21. The fraction of sp³-hybridized carbons (Fsp3) is 0.500. The topological polar surface area (TPSA) is 98.1 Å². The Morgan fingerprint density at radius 1 is 1.38 bits per heavy atom. The summed E-state index contributed by atoms with van der Waals surface area (Å²) < 4.78 is 1.21. The van der Waals surface area contributed by atoms with Crippen molar-refractivity contribution in [2.45, 2.75) is 45.2 Å². The minimum atomic E-state index is -0.691. The fourth-order valence-corrected chi connectivity index (χ4v) is 2.27. The van der Waals surface area contributed by atoms with E-state index in [1.165, 1.54) is 10.8 Å². The van der Waals surface area contributed by atoms with Gasteiger partial charge in [-0.1, -0.05) is 0 Å². The average molecular weight is 291 g/mol. The van der Waals surface area contributed by atoms with E-state index < -0.39 is 17.5 Å². The minimum absolute atomic E-state index is 0.0615. The number of ketones is 2. The SMILES string of the molecule is CC(C)NC(=O)c1cn(C2CCC(=O)CC2=O)c(=O)cn1. The molecule has 1 N–H and O–H groups in total. The standard InChI is InChI=1S/C14H17N3O4/c1-8(2)16-14(21)10-7-17(13(20)6-15-10)11-4-3-9(18)5-12(11)19/h6-8,11H,3-5H2,1-2H3,(H,16,21). The van der Waals surface area contributed by atoms with Crippen molar-refractivity contribution in [2.24, 2.45) is 0 Å². The van der Waals surface area contributed by atoms with Gasteiger partial charge in [0.2, 0.25) is 0 Å². The van der Waals surface area contributed by atoms with E-state index in [1.54, 1.807) is 0 Å². The van der Waals surface area contributed by atoms with Gasteiger partial charge < -0.3 is 9.88 Å². The first-order valence-electron chi connectivity index (χ1n) is 6.82. The Kier molecular flexibility index (Phi) is 4.30. The molecule has 1 saturated carbocycles. The number of hydrogen-bond donors (Lipinski definition) is 1. The number of Topliss-reactive ketones (excluding diaryl/α,β-unsaturated/α-hetero) is 2. The van der Waals surface area contributed by atoms with Crippen molar-refractivity contribution in [3.05, 3.63) is 28.4 Å². The first kappa shape index (κ1) is 15.1. The van der Waals surface area contributed by atoms with Crippen LogP contribution in [0.3, 0.4) is 0 Å². The molecule has 7 nitrogen and oxygen atoms in total. The third kappa shape index (κ3) is 3.42. The summed E-state index contributed by atoms with van der Waals surface area (Å²) in [4.78, 5) is 50.7. The molecule has 0 aliphatic heterocycles. The predicted octanol–water partition coefficient (Wildman–Crippen LogP) is 0.245. The van der Waals surface area contributed by atoms with Crippen LogP contribution in [0.2, 0.25) is 0 Å². The lowest BCUT2D eigenvalue weighted by molar-refractivity contribution is -0.132.